The Morgan fingerprint density at radius 2 is 1.84 bits per heavy atom. The highest BCUT2D eigenvalue weighted by Crippen LogP contribution is 2.34. The van der Waals surface area contributed by atoms with E-state index in [-0.39, 0.29) is 55.9 Å². The lowest BCUT2D eigenvalue weighted by atomic mass is 9.80. The van der Waals surface area contributed by atoms with E-state index >= 15 is 0 Å². The fraction of sp³-hybridized carbons (Fsp3) is 0.545. The van der Waals surface area contributed by atoms with Gasteiger partial charge in [-0.05, 0) is 50.8 Å². The number of β-lactam (4-membered cyclic amide) rings is 1. The lowest BCUT2D eigenvalue weighted by molar-refractivity contribution is -0.159. The summed E-state index contributed by atoms with van der Waals surface area (Å²) in [5.74, 6) is -0.466. The van der Waals surface area contributed by atoms with Gasteiger partial charge in [0.05, 0.1) is 24.6 Å². The second kappa shape index (κ2) is 9.41. The molecule has 0 aromatic heterocycles. The van der Waals surface area contributed by atoms with Crippen LogP contribution >= 0.6 is 0 Å². The molecule has 2 aliphatic rings. The van der Waals surface area contributed by atoms with Crippen LogP contribution in [0.2, 0.25) is 19.6 Å². The van der Waals surface area contributed by atoms with Crippen molar-refractivity contribution in [2.45, 2.75) is 45.1 Å². The number of ketones is 1. The molecule has 0 spiro atoms. The molecule has 3 rings (SSSR count). The van der Waals surface area contributed by atoms with Gasteiger partial charge in [0.1, 0.15) is 12.4 Å². The minimum absolute atomic E-state index is 0.00356. The van der Waals surface area contributed by atoms with Crippen molar-refractivity contribution in [2.24, 2.45) is 5.92 Å². The molecule has 0 radical (unpaired) electrons. The third-order valence-corrected chi connectivity index (χ3v) is 6.66. The molecule has 2 fully saturated rings. The summed E-state index contributed by atoms with van der Waals surface area (Å²) >= 11 is 0. The minimum Gasteiger partial charge on any atom is -0.484 e. The summed E-state index contributed by atoms with van der Waals surface area (Å²) < 4.78 is 16.2. The van der Waals surface area contributed by atoms with Crippen molar-refractivity contribution in [1.82, 2.24) is 9.80 Å². The van der Waals surface area contributed by atoms with Crippen LogP contribution < -0.4 is 4.74 Å². The van der Waals surface area contributed by atoms with Crippen LogP contribution in [-0.2, 0) is 18.8 Å². The standard InChI is InChI=1S/C22H30N2O7Si/c1-14(31-32(3,4)5)20-17(23(2)21(20)27)12-18(25)15-6-8-16(9-7-15)30-13-19(26)24-10-11-29-22(24)28/h6-9,14,17,20H,10-13H2,1-5H3/t14-,17?,20-/m1/s1. The number of carbonyl (C=O) groups is 4. The van der Waals surface area contributed by atoms with E-state index in [1.807, 2.05) is 6.92 Å². The van der Waals surface area contributed by atoms with E-state index in [1.165, 1.54) is 0 Å². The lowest BCUT2D eigenvalue weighted by Gasteiger charge is -2.48. The van der Waals surface area contributed by atoms with Gasteiger partial charge in [0.15, 0.2) is 20.7 Å². The fourth-order valence-electron chi connectivity index (χ4n) is 4.02. The molecule has 0 aliphatic carbocycles. The Labute approximate surface area is 188 Å². The van der Waals surface area contributed by atoms with E-state index in [4.69, 9.17) is 13.9 Å². The molecule has 174 valence electrons. The van der Waals surface area contributed by atoms with Crippen molar-refractivity contribution in [2.75, 3.05) is 26.8 Å². The molecule has 2 saturated heterocycles. The molecule has 0 N–H and O–H groups in total. The van der Waals surface area contributed by atoms with Gasteiger partial charge < -0.3 is 18.8 Å². The first-order valence-electron chi connectivity index (χ1n) is 10.7. The van der Waals surface area contributed by atoms with Crippen molar-refractivity contribution in [1.29, 1.82) is 0 Å². The Bertz CT molecular complexity index is 897. The summed E-state index contributed by atoms with van der Waals surface area (Å²) in [5.41, 5.74) is 0.497. The summed E-state index contributed by atoms with van der Waals surface area (Å²) in [6, 6.07) is 6.27. The summed E-state index contributed by atoms with van der Waals surface area (Å²) in [7, 11) is -0.0973. The number of carbonyl (C=O) groups excluding carboxylic acids is 4. The van der Waals surface area contributed by atoms with Crippen LogP contribution in [0.1, 0.15) is 23.7 Å². The van der Waals surface area contributed by atoms with Gasteiger partial charge in [-0.15, -0.1) is 0 Å². The molecule has 10 heteroatoms. The Kier molecular flexibility index (Phi) is 7.04. The largest absolute Gasteiger partial charge is 0.484 e. The van der Waals surface area contributed by atoms with Crippen LogP contribution in [0.3, 0.4) is 0 Å². The Balaban J connectivity index is 1.55. The number of imide groups is 1. The summed E-state index contributed by atoms with van der Waals surface area (Å²) in [6.07, 6.45) is -0.687. The monoisotopic (exact) mass is 462 g/mol. The molecule has 3 amide bonds. The minimum atomic E-state index is -1.81. The van der Waals surface area contributed by atoms with E-state index in [0.29, 0.717) is 11.3 Å². The molecule has 0 saturated carbocycles. The quantitative estimate of drug-likeness (QED) is 0.315. The zero-order chi connectivity index (χ0) is 23.6. The number of hydrogen-bond acceptors (Lipinski definition) is 7. The van der Waals surface area contributed by atoms with Gasteiger partial charge >= 0.3 is 6.09 Å². The Hall–Kier alpha value is -2.72. The lowest BCUT2D eigenvalue weighted by Crippen LogP contribution is -2.64. The number of cyclic esters (lactones) is 1. The number of likely N-dealkylation sites (tertiary alicyclic amines) is 1. The number of nitrogens with zero attached hydrogens (tertiary/aromatic N) is 2. The van der Waals surface area contributed by atoms with E-state index in [1.54, 1.807) is 36.2 Å². The van der Waals surface area contributed by atoms with Crippen molar-refractivity contribution in [3.8, 4) is 5.75 Å². The van der Waals surface area contributed by atoms with Gasteiger partial charge in [0.25, 0.3) is 5.91 Å². The molecule has 2 aliphatic heterocycles. The average Bonchev–Trinajstić information content (AvgIpc) is 3.16. The number of amides is 3. The van der Waals surface area contributed by atoms with Gasteiger partial charge in [-0.3, -0.25) is 14.4 Å². The average molecular weight is 463 g/mol. The molecule has 0 bridgehead atoms. The predicted octanol–water partition coefficient (Wildman–Crippen LogP) is 2.31. The van der Waals surface area contributed by atoms with E-state index in [0.717, 1.165) is 4.90 Å². The molecule has 1 unspecified atom stereocenters. The molecule has 9 nitrogen and oxygen atoms in total. The molecule has 1 aromatic rings. The molecule has 2 heterocycles. The third-order valence-electron chi connectivity index (χ3n) is 5.58. The molecular weight excluding hydrogens is 432 g/mol. The normalized spacial score (nSPS) is 21.8. The van der Waals surface area contributed by atoms with Crippen LogP contribution in [-0.4, -0.2) is 80.8 Å². The summed E-state index contributed by atoms with van der Waals surface area (Å²) in [6.45, 7) is 8.23. The second-order valence-corrected chi connectivity index (χ2v) is 13.5. The first-order chi connectivity index (χ1) is 15.0. The topological polar surface area (TPSA) is 102 Å². The fourth-order valence-corrected chi connectivity index (χ4v) is 5.28. The van der Waals surface area contributed by atoms with Crippen LogP contribution in [0.4, 0.5) is 4.79 Å². The van der Waals surface area contributed by atoms with E-state index < -0.39 is 20.3 Å². The zero-order valence-corrected chi connectivity index (χ0v) is 20.1. The number of Topliss-reactive ketones (excluding diaryl/α,β-unsaturated/α-hetero) is 1. The molecular formula is C22H30N2O7Si. The Morgan fingerprint density at radius 3 is 2.41 bits per heavy atom. The van der Waals surface area contributed by atoms with Gasteiger partial charge in [0, 0.05) is 19.0 Å². The molecule has 1 aromatic carbocycles. The molecule has 3 atom stereocenters. The van der Waals surface area contributed by atoms with E-state index in [2.05, 4.69) is 19.6 Å². The van der Waals surface area contributed by atoms with Crippen molar-refractivity contribution < 1.29 is 33.1 Å². The highest BCUT2D eigenvalue weighted by atomic mass is 28.4. The number of benzene rings is 1. The molecule has 32 heavy (non-hydrogen) atoms. The highest BCUT2D eigenvalue weighted by molar-refractivity contribution is 6.69. The second-order valence-electron chi connectivity index (χ2n) is 9.08. The predicted molar refractivity (Wildman–Crippen MR) is 118 cm³/mol. The Morgan fingerprint density at radius 1 is 1.19 bits per heavy atom. The van der Waals surface area contributed by atoms with Gasteiger partial charge in [0.2, 0.25) is 5.91 Å². The first kappa shape index (κ1) is 23.9. The van der Waals surface area contributed by atoms with Crippen molar-refractivity contribution in [3.05, 3.63) is 29.8 Å². The van der Waals surface area contributed by atoms with Crippen LogP contribution in [0.5, 0.6) is 5.75 Å². The smallest absolute Gasteiger partial charge is 0.416 e. The van der Waals surface area contributed by atoms with Crippen LogP contribution in [0.15, 0.2) is 24.3 Å². The SMILES string of the molecule is C[C@@H](O[Si](C)(C)C)[C@H]1C(=O)N(C)C1CC(=O)c1ccc(OCC(=O)N2CCOC2=O)cc1. The van der Waals surface area contributed by atoms with E-state index in [9.17, 15) is 19.2 Å². The third kappa shape index (κ3) is 5.36. The zero-order valence-electron chi connectivity index (χ0n) is 19.1. The van der Waals surface area contributed by atoms with Crippen LogP contribution in [0, 0.1) is 5.92 Å². The van der Waals surface area contributed by atoms with Gasteiger partial charge in [-0.1, -0.05) is 0 Å². The number of rotatable bonds is 9. The van der Waals surface area contributed by atoms with Gasteiger partial charge in [-0.2, -0.15) is 0 Å². The maximum atomic E-state index is 12.8. The van der Waals surface area contributed by atoms with Gasteiger partial charge in [-0.25, -0.2) is 9.69 Å². The summed E-state index contributed by atoms with van der Waals surface area (Å²) in [4.78, 5) is 51.2. The van der Waals surface area contributed by atoms with Crippen molar-refractivity contribution in [3.63, 3.8) is 0 Å². The number of ether oxygens (including phenoxy) is 2. The first-order valence-corrected chi connectivity index (χ1v) is 14.1. The van der Waals surface area contributed by atoms with Crippen LogP contribution in [0.25, 0.3) is 0 Å². The van der Waals surface area contributed by atoms with Crippen molar-refractivity contribution >= 4 is 32.0 Å². The summed E-state index contributed by atoms with van der Waals surface area (Å²) in [5, 5.41) is 0. The highest BCUT2D eigenvalue weighted by Gasteiger charge is 2.49. The maximum absolute atomic E-state index is 12.8. The maximum Gasteiger partial charge on any atom is 0.416 e. The number of hydrogen-bond donors (Lipinski definition) is 0.